The number of benzene rings is 3. The van der Waals surface area contributed by atoms with Crippen LogP contribution >= 0.6 is 0 Å². The number of aromatic amines is 2. The second-order valence-electron chi connectivity index (χ2n) is 6.78. The van der Waals surface area contributed by atoms with Crippen LogP contribution in [0.2, 0.25) is 0 Å². The van der Waals surface area contributed by atoms with Crippen LogP contribution in [0.25, 0.3) is 44.3 Å². The number of H-pyrrole nitrogens is 2. The molecule has 142 valence electrons. The minimum Gasteiger partial charge on any atom is -0.353 e. The highest BCUT2D eigenvalue weighted by Crippen LogP contribution is 2.41. The van der Waals surface area contributed by atoms with Gasteiger partial charge < -0.3 is 9.97 Å². The molecule has 6 nitrogen and oxygen atoms in total. The Morgan fingerprint density at radius 3 is 1.53 bits per heavy atom. The number of carbonyl (C=O) groups excluding carboxylic acids is 2. The molecule has 0 atom stereocenters. The van der Waals surface area contributed by atoms with Gasteiger partial charge in [-0.3, -0.25) is 0 Å². The molecule has 0 unspecified atom stereocenters. The predicted molar refractivity (Wildman–Crippen MR) is 117 cm³/mol. The van der Waals surface area contributed by atoms with Gasteiger partial charge in [-0.1, -0.05) is 54.6 Å². The third-order valence-electron chi connectivity index (χ3n) is 5.11. The molecule has 0 aliphatic rings. The first-order valence-corrected chi connectivity index (χ1v) is 9.28. The zero-order valence-corrected chi connectivity index (χ0v) is 15.6. The summed E-state index contributed by atoms with van der Waals surface area (Å²) in [6.07, 6.45) is 3.31. The maximum Gasteiger partial charge on any atom is 0.240 e. The van der Waals surface area contributed by atoms with E-state index < -0.39 is 0 Å². The van der Waals surface area contributed by atoms with Gasteiger partial charge in [-0.05, 0) is 18.2 Å². The van der Waals surface area contributed by atoms with Crippen molar-refractivity contribution in [2.24, 2.45) is 9.98 Å². The van der Waals surface area contributed by atoms with Gasteiger partial charge in [0.05, 0.1) is 11.4 Å². The lowest BCUT2D eigenvalue weighted by atomic mass is 10.0. The number of rotatable bonds is 4. The van der Waals surface area contributed by atoms with E-state index >= 15 is 0 Å². The predicted octanol–water partition coefficient (Wildman–Crippen LogP) is 5.92. The van der Waals surface area contributed by atoms with E-state index in [9.17, 15) is 9.59 Å². The maximum absolute atomic E-state index is 11.0. The first kappa shape index (κ1) is 17.6. The number of nitrogens with one attached hydrogen (secondary N) is 2. The van der Waals surface area contributed by atoms with E-state index in [1.807, 2.05) is 72.8 Å². The molecule has 0 aliphatic carbocycles. The summed E-state index contributed by atoms with van der Waals surface area (Å²) in [6.45, 7) is 0. The molecule has 0 saturated heterocycles. The summed E-state index contributed by atoms with van der Waals surface area (Å²) < 4.78 is 0. The van der Waals surface area contributed by atoms with Gasteiger partial charge in [0.2, 0.25) is 12.2 Å². The molecule has 2 aromatic heterocycles. The van der Waals surface area contributed by atoms with Crippen LogP contribution in [0.15, 0.2) is 82.8 Å². The molecule has 0 radical (unpaired) electrons. The van der Waals surface area contributed by atoms with Crippen LogP contribution < -0.4 is 0 Å². The lowest BCUT2D eigenvalue weighted by Crippen LogP contribution is -1.83. The number of aliphatic imine (C=N–C) groups is 2. The lowest BCUT2D eigenvalue weighted by molar-refractivity contribution is 0.564. The van der Waals surface area contributed by atoms with Crippen molar-refractivity contribution in [2.75, 3.05) is 0 Å². The van der Waals surface area contributed by atoms with Gasteiger partial charge in [0.25, 0.3) is 0 Å². The Balaban J connectivity index is 1.74. The Hall–Kier alpha value is -4.50. The minimum absolute atomic E-state index is 0.542. The monoisotopic (exact) mass is 390 g/mol. The highest BCUT2D eigenvalue weighted by molar-refractivity contribution is 6.02. The average Bonchev–Trinajstić information content (AvgIpc) is 3.34. The molecule has 0 aliphatic heterocycles. The molecule has 0 saturated carbocycles. The number of hydrogen-bond donors (Lipinski definition) is 2. The number of fused-ring (bicyclic) bond motifs is 2. The molecular weight excluding hydrogens is 376 g/mol. The van der Waals surface area contributed by atoms with E-state index in [2.05, 4.69) is 20.0 Å². The molecule has 0 fully saturated rings. The van der Waals surface area contributed by atoms with Crippen LogP contribution in [0, 0.1) is 0 Å². The van der Waals surface area contributed by atoms with Gasteiger partial charge in [-0.2, -0.15) is 9.98 Å². The Bertz CT molecular complexity index is 1400. The van der Waals surface area contributed by atoms with Crippen molar-refractivity contribution in [1.29, 1.82) is 0 Å². The molecule has 30 heavy (non-hydrogen) atoms. The number of hydrogen-bond acceptors (Lipinski definition) is 4. The number of nitrogens with zero attached hydrogens (tertiary/aromatic N) is 2. The van der Waals surface area contributed by atoms with E-state index in [4.69, 9.17) is 0 Å². The Morgan fingerprint density at radius 2 is 1.07 bits per heavy atom. The maximum atomic E-state index is 11.0. The van der Waals surface area contributed by atoms with Gasteiger partial charge in [-0.15, -0.1) is 0 Å². The molecule has 6 heteroatoms. The Labute approximate surface area is 170 Å². The average molecular weight is 390 g/mol. The zero-order valence-electron chi connectivity index (χ0n) is 15.6. The van der Waals surface area contributed by atoms with Crippen molar-refractivity contribution in [2.45, 2.75) is 0 Å². The van der Waals surface area contributed by atoms with E-state index in [0.29, 0.717) is 11.4 Å². The van der Waals surface area contributed by atoms with Crippen molar-refractivity contribution >= 4 is 45.3 Å². The second kappa shape index (κ2) is 7.15. The molecule has 2 N–H and O–H groups in total. The fourth-order valence-corrected chi connectivity index (χ4v) is 3.83. The van der Waals surface area contributed by atoms with Crippen molar-refractivity contribution in [3.05, 3.63) is 72.8 Å². The van der Waals surface area contributed by atoms with Crippen LogP contribution in [-0.2, 0) is 9.59 Å². The van der Waals surface area contributed by atoms with Crippen LogP contribution in [0.1, 0.15) is 0 Å². The van der Waals surface area contributed by atoms with Gasteiger partial charge in [-0.25, -0.2) is 9.59 Å². The number of para-hydroxylation sites is 2. The standard InChI is InChI=1S/C24H14N4O2/c29-13-25-23-17-8-1-3-10-19(17)27-21(23)15-6-5-7-16(12-15)22-24(26-14-30)18-9-2-4-11-20(18)28-22/h1-12,27-28H. The molecule has 2 heterocycles. The summed E-state index contributed by atoms with van der Waals surface area (Å²) in [6, 6.07) is 23.0. The molecule has 3 aromatic carbocycles. The molecular formula is C24H14N4O2. The summed E-state index contributed by atoms with van der Waals surface area (Å²) >= 11 is 0. The second-order valence-corrected chi connectivity index (χ2v) is 6.78. The van der Waals surface area contributed by atoms with E-state index in [0.717, 1.165) is 44.3 Å². The molecule has 0 bridgehead atoms. The largest absolute Gasteiger partial charge is 0.353 e. The first-order valence-electron chi connectivity index (χ1n) is 9.28. The highest BCUT2D eigenvalue weighted by Gasteiger charge is 2.16. The number of aromatic nitrogens is 2. The summed E-state index contributed by atoms with van der Waals surface area (Å²) in [5, 5.41) is 1.69. The fourth-order valence-electron chi connectivity index (χ4n) is 3.83. The van der Waals surface area contributed by atoms with Crippen molar-refractivity contribution < 1.29 is 9.59 Å². The SMILES string of the molecule is O=C=Nc1c(-c2cccc(-c3[nH]c4ccccc4c3N=C=O)c2)[nH]c2ccccc12. The zero-order chi connectivity index (χ0) is 20.5. The first-order chi connectivity index (χ1) is 14.8. The molecule has 0 spiro atoms. The summed E-state index contributed by atoms with van der Waals surface area (Å²) in [4.78, 5) is 36.7. The van der Waals surface area contributed by atoms with Crippen molar-refractivity contribution in [3.63, 3.8) is 0 Å². The number of isocyanates is 2. The highest BCUT2D eigenvalue weighted by atomic mass is 16.1. The van der Waals surface area contributed by atoms with Gasteiger partial charge in [0.1, 0.15) is 11.4 Å². The topological polar surface area (TPSA) is 90.4 Å². The fraction of sp³-hybridized carbons (Fsp3) is 0. The van der Waals surface area contributed by atoms with Gasteiger partial charge in [0.15, 0.2) is 0 Å². The normalized spacial score (nSPS) is 10.7. The van der Waals surface area contributed by atoms with E-state index in [1.165, 1.54) is 0 Å². The summed E-state index contributed by atoms with van der Waals surface area (Å²) in [5.74, 6) is 0. The summed E-state index contributed by atoms with van der Waals surface area (Å²) in [5.41, 5.74) is 5.97. The smallest absolute Gasteiger partial charge is 0.240 e. The quantitative estimate of drug-likeness (QED) is 0.295. The van der Waals surface area contributed by atoms with Crippen molar-refractivity contribution in [1.82, 2.24) is 9.97 Å². The summed E-state index contributed by atoms with van der Waals surface area (Å²) in [7, 11) is 0. The third kappa shape index (κ3) is 2.77. The van der Waals surface area contributed by atoms with Crippen LogP contribution in [0.5, 0.6) is 0 Å². The van der Waals surface area contributed by atoms with E-state index in [1.54, 1.807) is 12.2 Å². The van der Waals surface area contributed by atoms with Crippen LogP contribution in [0.3, 0.4) is 0 Å². The lowest BCUT2D eigenvalue weighted by Gasteiger charge is -2.05. The van der Waals surface area contributed by atoms with Crippen molar-refractivity contribution in [3.8, 4) is 22.5 Å². The van der Waals surface area contributed by atoms with E-state index in [-0.39, 0.29) is 0 Å². The molecule has 5 aromatic rings. The third-order valence-corrected chi connectivity index (χ3v) is 5.11. The Morgan fingerprint density at radius 1 is 0.600 bits per heavy atom. The van der Waals surface area contributed by atoms with Crippen LogP contribution in [-0.4, -0.2) is 22.1 Å². The molecule has 5 rings (SSSR count). The Kier molecular flexibility index (Phi) is 4.19. The van der Waals surface area contributed by atoms with Crippen LogP contribution in [0.4, 0.5) is 11.4 Å². The van der Waals surface area contributed by atoms with Gasteiger partial charge >= 0.3 is 0 Å². The van der Waals surface area contributed by atoms with Gasteiger partial charge in [0, 0.05) is 32.9 Å². The molecule has 0 amide bonds. The minimum atomic E-state index is 0.542.